The van der Waals surface area contributed by atoms with Gasteiger partial charge in [0.15, 0.2) is 5.82 Å². The highest BCUT2D eigenvalue weighted by atomic mass is 31.0. The van der Waals surface area contributed by atoms with Crippen molar-refractivity contribution in [3.63, 3.8) is 0 Å². The zero-order valence-corrected chi connectivity index (χ0v) is 16.2. The molecule has 1 unspecified atom stereocenters. The number of hydrogen-bond acceptors (Lipinski definition) is 5. The third-order valence-electron chi connectivity index (χ3n) is 3.64. The largest absolute Gasteiger partial charge is 0.407 e. The van der Waals surface area contributed by atoms with Gasteiger partial charge in [-0.2, -0.15) is 0 Å². The second kappa shape index (κ2) is 9.39. The molecule has 2 rings (SSSR count). The summed E-state index contributed by atoms with van der Waals surface area (Å²) < 4.78 is 34.0. The summed E-state index contributed by atoms with van der Waals surface area (Å²) in [5.41, 5.74) is 6.47. The molecule has 0 bridgehead atoms. The molecule has 0 spiro atoms. The summed E-state index contributed by atoms with van der Waals surface area (Å²) >= 11 is 0. The maximum Gasteiger partial charge on any atom is 0.288 e. The van der Waals surface area contributed by atoms with Gasteiger partial charge in [0.1, 0.15) is 5.82 Å². The van der Waals surface area contributed by atoms with Crippen LogP contribution in [0.5, 0.6) is 0 Å². The number of anilines is 2. The molecule has 0 aliphatic carbocycles. The molecule has 144 valence electrons. The second-order valence-corrected chi connectivity index (χ2v) is 6.38. The smallest absolute Gasteiger partial charge is 0.288 e. The number of ether oxygens (including phenoxy) is 1. The van der Waals surface area contributed by atoms with Crippen LogP contribution in [0.1, 0.15) is 11.1 Å². The van der Waals surface area contributed by atoms with Crippen molar-refractivity contribution >= 4 is 37.8 Å². The van der Waals surface area contributed by atoms with Crippen molar-refractivity contribution in [1.82, 2.24) is 5.32 Å². The minimum Gasteiger partial charge on any atom is -0.407 e. The first-order chi connectivity index (χ1) is 12.8. The van der Waals surface area contributed by atoms with Gasteiger partial charge in [-0.15, -0.1) is 9.24 Å². The summed E-state index contributed by atoms with van der Waals surface area (Å²) in [4.78, 5) is 3.95. The number of nitrogens with one attached hydrogen (secondary N) is 3. The van der Waals surface area contributed by atoms with Gasteiger partial charge in [0.2, 0.25) is 5.90 Å². The summed E-state index contributed by atoms with van der Waals surface area (Å²) in [5.74, 6) is -1.58. The second-order valence-electron chi connectivity index (χ2n) is 5.75. The zero-order valence-electron chi connectivity index (χ0n) is 15.1. The van der Waals surface area contributed by atoms with Gasteiger partial charge >= 0.3 is 0 Å². The predicted molar refractivity (Wildman–Crippen MR) is 108 cm³/mol. The molecule has 9 heteroatoms. The Morgan fingerprint density at radius 2 is 2.04 bits per heavy atom. The van der Waals surface area contributed by atoms with Crippen molar-refractivity contribution in [2.24, 2.45) is 10.7 Å². The van der Waals surface area contributed by atoms with Gasteiger partial charge in [0.05, 0.1) is 23.5 Å². The minimum atomic E-state index is -0.642. The van der Waals surface area contributed by atoms with Gasteiger partial charge in [-0.25, -0.2) is 13.8 Å². The number of likely N-dealkylation sites (N-methyl/N-ethyl adjacent to an activating group) is 1. The molecule has 2 aromatic rings. The van der Waals surface area contributed by atoms with Crippen molar-refractivity contribution < 1.29 is 13.5 Å². The fourth-order valence-electron chi connectivity index (χ4n) is 2.23. The lowest BCUT2D eigenvalue weighted by molar-refractivity contribution is 0.527. The lowest BCUT2D eigenvalue weighted by Gasteiger charge is -2.16. The Hall–Kier alpha value is -2.57. The van der Waals surface area contributed by atoms with Crippen LogP contribution in [0.3, 0.4) is 0 Å². The molecule has 0 fully saturated rings. The molecule has 27 heavy (non-hydrogen) atoms. The van der Waals surface area contributed by atoms with E-state index in [9.17, 15) is 8.78 Å². The predicted octanol–water partition coefficient (Wildman–Crippen LogP) is 2.39. The highest BCUT2D eigenvalue weighted by Gasteiger charge is 2.18. The van der Waals surface area contributed by atoms with E-state index in [-0.39, 0.29) is 28.3 Å². The van der Waals surface area contributed by atoms with Crippen LogP contribution in [0.25, 0.3) is 0 Å². The molecule has 0 aromatic heterocycles. The SMILES string of the molecule is CNCCN=C(N)OC(=N)c1ccc(P)c(F)c1Nc1ccc(C)cc1F. The van der Waals surface area contributed by atoms with Crippen molar-refractivity contribution in [1.29, 1.82) is 5.41 Å². The van der Waals surface area contributed by atoms with E-state index < -0.39 is 17.5 Å². The normalized spacial score (nSPS) is 11.4. The first-order valence-corrected chi connectivity index (χ1v) is 8.73. The van der Waals surface area contributed by atoms with Crippen LogP contribution in [-0.4, -0.2) is 32.1 Å². The van der Waals surface area contributed by atoms with E-state index in [1.165, 1.54) is 24.3 Å². The van der Waals surface area contributed by atoms with E-state index in [0.29, 0.717) is 13.1 Å². The highest BCUT2D eigenvalue weighted by Crippen LogP contribution is 2.27. The molecule has 6 nitrogen and oxygen atoms in total. The lowest BCUT2D eigenvalue weighted by Crippen LogP contribution is -2.24. The number of nitrogens with zero attached hydrogens (tertiary/aromatic N) is 1. The molecule has 0 radical (unpaired) electrons. The third kappa shape index (κ3) is 5.45. The van der Waals surface area contributed by atoms with E-state index >= 15 is 0 Å². The molecule has 0 aliphatic heterocycles. The average Bonchev–Trinajstić information content (AvgIpc) is 2.61. The summed E-state index contributed by atoms with van der Waals surface area (Å²) in [6.45, 7) is 2.71. The van der Waals surface area contributed by atoms with Crippen molar-refractivity contribution in [3.05, 3.63) is 53.1 Å². The van der Waals surface area contributed by atoms with Gasteiger partial charge in [0.25, 0.3) is 6.02 Å². The van der Waals surface area contributed by atoms with Crippen LogP contribution in [0.4, 0.5) is 20.2 Å². The van der Waals surface area contributed by atoms with Crippen molar-refractivity contribution in [3.8, 4) is 0 Å². The van der Waals surface area contributed by atoms with E-state index in [0.717, 1.165) is 5.56 Å². The van der Waals surface area contributed by atoms with E-state index in [1.807, 2.05) is 0 Å². The summed E-state index contributed by atoms with van der Waals surface area (Å²) in [7, 11) is 4.02. The molecular formula is C18H22F2N5OP. The van der Waals surface area contributed by atoms with Crippen LogP contribution in [0, 0.1) is 24.0 Å². The van der Waals surface area contributed by atoms with Crippen LogP contribution in [0.2, 0.25) is 0 Å². The van der Waals surface area contributed by atoms with E-state index in [4.69, 9.17) is 15.9 Å². The molecule has 1 atom stereocenters. The van der Waals surface area contributed by atoms with E-state index in [2.05, 4.69) is 24.9 Å². The molecule has 0 saturated carbocycles. The summed E-state index contributed by atoms with van der Waals surface area (Å²) in [6, 6.07) is 7.28. The molecule has 5 N–H and O–H groups in total. The average molecular weight is 393 g/mol. The monoisotopic (exact) mass is 393 g/mol. The van der Waals surface area contributed by atoms with Crippen LogP contribution in [0.15, 0.2) is 35.3 Å². The first-order valence-electron chi connectivity index (χ1n) is 8.16. The maximum absolute atomic E-state index is 14.7. The topological polar surface area (TPSA) is 95.5 Å². The van der Waals surface area contributed by atoms with Crippen molar-refractivity contribution in [2.45, 2.75) is 6.92 Å². The Morgan fingerprint density at radius 1 is 1.30 bits per heavy atom. The number of nitrogens with two attached hydrogens (primary N) is 1. The highest BCUT2D eigenvalue weighted by molar-refractivity contribution is 7.27. The number of hydrogen-bond donors (Lipinski definition) is 4. The van der Waals surface area contributed by atoms with Crippen LogP contribution in [-0.2, 0) is 4.74 Å². The van der Waals surface area contributed by atoms with Gasteiger partial charge in [-0.1, -0.05) is 12.1 Å². The summed E-state index contributed by atoms with van der Waals surface area (Å²) in [6.07, 6.45) is 0. The Morgan fingerprint density at radius 3 is 2.70 bits per heavy atom. The van der Waals surface area contributed by atoms with Gasteiger partial charge < -0.3 is 21.1 Å². The quantitative estimate of drug-likeness (QED) is 0.262. The Bertz CT molecular complexity index is 873. The molecule has 0 heterocycles. The minimum absolute atomic E-state index is 0.0832. The Labute approximate surface area is 158 Å². The standard InChI is InChI=1S/C18H22F2N5OP/c1-10-3-5-13(12(19)9-10)25-16-11(4-6-14(27)15(16)20)17(21)26-18(22)24-8-7-23-2/h3-6,9,21,23,25H,7-8,27H2,1-2H3,(H2,22,24). The fraction of sp³-hybridized carbons (Fsp3) is 0.222. The molecule has 2 aromatic carbocycles. The van der Waals surface area contributed by atoms with Gasteiger partial charge in [0, 0.05) is 11.8 Å². The van der Waals surface area contributed by atoms with E-state index in [1.54, 1.807) is 20.0 Å². The fourth-order valence-corrected chi connectivity index (χ4v) is 2.47. The molecule has 0 amide bonds. The number of benzene rings is 2. The first kappa shape index (κ1) is 20.7. The lowest BCUT2D eigenvalue weighted by atomic mass is 10.1. The molecular weight excluding hydrogens is 371 g/mol. The number of aryl methyl sites for hydroxylation is 1. The number of rotatable bonds is 6. The number of amidine groups is 1. The number of halogens is 2. The number of aliphatic imine (C=N–C) groups is 1. The molecule has 0 saturated heterocycles. The maximum atomic E-state index is 14.7. The van der Waals surface area contributed by atoms with Crippen LogP contribution >= 0.6 is 9.24 Å². The molecule has 0 aliphatic rings. The summed E-state index contributed by atoms with van der Waals surface area (Å²) in [5, 5.41) is 14.0. The zero-order chi connectivity index (χ0) is 20.0. The Balaban J connectivity index is 2.33. The third-order valence-corrected chi connectivity index (χ3v) is 4.08. The Kier molecular flexibility index (Phi) is 7.21. The van der Waals surface area contributed by atoms with Gasteiger partial charge in [-0.3, -0.25) is 5.41 Å². The van der Waals surface area contributed by atoms with Gasteiger partial charge in [-0.05, 0) is 37.7 Å². The van der Waals surface area contributed by atoms with Crippen LogP contribution < -0.4 is 21.7 Å². The van der Waals surface area contributed by atoms with Crippen molar-refractivity contribution in [2.75, 3.05) is 25.5 Å².